The van der Waals surface area contributed by atoms with Crippen molar-refractivity contribution in [3.05, 3.63) is 133 Å². The summed E-state index contributed by atoms with van der Waals surface area (Å²) in [6, 6.07) is 25.5. The first-order valence-corrected chi connectivity index (χ1v) is 32.0. The van der Waals surface area contributed by atoms with Crippen LogP contribution in [0.3, 0.4) is 0 Å². The molecule has 0 unspecified atom stereocenters. The highest BCUT2D eigenvalue weighted by atomic mass is 35.5. The summed E-state index contributed by atoms with van der Waals surface area (Å²) >= 11 is 6.66. The predicted octanol–water partition coefficient (Wildman–Crippen LogP) is 11.4. The second-order valence-corrected chi connectivity index (χ2v) is 25.5. The minimum absolute atomic E-state index is 0.0379. The molecule has 91 heavy (non-hydrogen) atoms. The number of halogens is 2. The van der Waals surface area contributed by atoms with Crippen LogP contribution in [0.5, 0.6) is 11.5 Å². The van der Waals surface area contributed by atoms with Crippen LogP contribution in [0.2, 0.25) is 5.28 Å². The zero-order valence-electron chi connectivity index (χ0n) is 44.6. The summed E-state index contributed by atoms with van der Waals surface area (Å²) in [5.74, 6) is -3.67. The molecule has 8 aromatic carbocycles. The van der Waals surface area contributed by atoms with E-state index in [0.29, 0.717) is 11.1 Å². The Kier molecular flexibility index (Phi) is 18.5. The van der Waals surface area contributed by atoms with Gasteiger partial charge in [0.1, 0.15) is 32.5 Å². The van der Waals surface area contributed by atoms with Gasteiger partial charge in [-0.05, 0) is 101 Å². The number of benzene rings is 8. The van der Waals surface area contributed by atoms with Crippen LogP contribution in [0, 0.1) is 6.08 Å². The lowest BCUT2D eigenvalue weighted by atomic mass is 10.1. The van der Waals surface area contributed by atoms with E-state index >= 15 is 4.39 Å². The molecule has 0 atom stereocenters. The Morgan fingerprint density at radius 3 is 1.60 bits per heavy atom. The molecule has 10 aromatic rings. The molecule has 0 aliphatic carbocycles. The molecule has 0 fully saturated rings. The molecule has 0 bridgehead atoms. The van der Waals surface area contributed by atoms with Crippen molar-refractivity contribution in [3.8, 4) is 11.5 Å². The third kappa shape index (κ3) is 14.6. The Labute approximate surface area is 522 Å². The molecule has 0 spiro atoms. The molecule has 0 aliphatic heterocycles. The molecule has 42 heteroatoms. The number of para-hydroxylation sites is 1. The third-order valence-electron chi connectivity index (χ3n) is 12.4. The monoisotopic (exact) mass is 1380 g/mol. The number of hydrogen-bond acceptors (Lipinski definition) is 32. The quantitative estimate of drug-likeness (QED) is 0.00987. The van der Waals surface area contributed by atoms with Crippen LogP contribution in [0.15, 0.2) is 171 Å². The molecule has 2 aromatic heterocycles. The lowest BCUT2D eigenvalue weighted by Crippen LogP contribution is -2.15. The molecule has 2 heterocycles. The number of anilines is 8. The number of phenolic OH excluding ortho intramolecular Hbond substituents is 2. The van der Waals surface area contributed by atoms with Crippen LogP contribution in [-0.2, 0) is 59.2 Å². The van der Waals surface area contributed by atoms with E-state index in [0.717, 1.165) is 54.6 Å². The molecule has 470 valence electrons. The molecular formula is C49H34ClFN14O20S6. The zero-order chi connectivity index (χ0) is 65.3. The normalized spacial score (nSPS) is 12.4. The average Bonchev–Trinajstić information content (AvgIpc) is 0.783. The van der Waals surface area contributed by atoms with E-state index in [-0.39, 0.29) is 72.4 Å². The molecule has 0 radical (unpaired) electrons. The van der Waals surface area contributed by atoms with Gasteiger partial charge in [0, 0.05) is 34.6 Å². The average molecular weight is 1390 g/mol. The molecule has 0 amide bonds. The van der Waals surface area contributed by atoms with E-state index in [9.17, 15) is 62.1 Å². The van der Waals surface area contributed by atoms with E-state index in [4.69, 9.17) is 22.1 Å². The molecule has 0 saturated carbocycles. The molecule has 34 nitrogen and oxygen atoms in total. The number of nitrogens with zero attached hydrogens (tertiary/aromatic N) is 11. The maximum atomic E-state index is 15.1. The van der Waals surface area contributed by atoms with Gasteiger partial charge in [-0.15, -0.1) is 29.1 Å². The standard InChI is InChI=1S/C49H34ClFN14O20S6/c1-65(26-8-3-2-4-9-26)49-58-45(51)57-48(60-49)54-33-21-28(89(73,74)75)16-24-18-35(87-85-83-69)40(42(67)38(24)33)64-62-31-19-25(12-14-36(31)90(76,77)78)52-46-55-44(50)56-47(59-46)53-32-20-27(88(70,71)72)15-23-17-34(86-84-82-68)39(41(66)37(23)32)63-61-30-13-11-22-7-5-6-10-29(22)43(30)91(79,80)81/h2-21,66-69H,1H3,(H,70,71,72)(H,73,74,75)(H,76,77,78)(H,79,80,81)(H,54,57,58,60)(H2,52,53,55,56,59). The first-order valence-electron chi connectivity index (χ1n) is 24.4. The maximum Gasteiger partial charge on any atom is 0.315 e. The predicted molar refractivity (Wildman–Crippen MR) is 320 cm³/mol. The summed E-state index contributed by atoms with van der Waals surface area (Å²) < 4.78 is 167. The van der Waals surface area contributed by atoms with Crippen molar-refractivity contribution >= 4 is 178 Å². The largest absolute Gasteiger partial charge is 0.505 e. The fourth-order valence-electron chi connectivity index (χ4n) is 8.66. The zero-order valence-corrected chi connectivity index (χ0v) is 50.3. The molecule has 11 N–H and O–H groups in total. The number of phenols is 2. The summed E-state index contributed by atoms with van der Waals surface area (Å²) in [4.78, 5) is 21.3. The van der Waals surface area contributed by atoms with Gasteiger partial charge in [0.15, 0.2) is 11.5 Å². The van der Waals surface area contributed by atoms with E-state index in [2.05, 4.69) is 85.1 Å². The Morgan fingerprint density at radius 2 is 1.07 bits per heavy atom. The first-order chi connectivity index (χ1) is 43.1. The van der Waals surface area contributed by atoms with Crippen molar-refractivity contribution in [2.45, 2.75) is 29.4 Å². The first kappa shape index (κ1) is 64.9. The van der Waals surface area contributed by atoms with Crippen LogP contribution in [0.1, 0.15) is 0 Å². The van der Waals surface area contributed by atoms with E-state index in [1.165, 1.54) is 36.2 Å². The van der Waals surface area contributed by atoms with Gasteiger partial charge < -0.3 is 31.1 Å². The Morgan fingerprint density at radius 1 is 0.538 bits per heavy atom. The highest BCUT2D eigenvalue weighted by Crippen LogP contribution is 2.50. The minimum atomic E-state index is -5.21. The molecule has 0 aliphatic rings. The second kappa shape index (κ2) is 26.0. The van der Waals surface area contributed by atoms with E-state index < -0.39 is 135 Å². The minimum Gasteiger partial charge on any atom is -0.505 e. The number of rotatable bonds is 22. The van der Waals surface area contributed by atoms with Gasteiger partial charge in [0.2, 0.25) is 29.1 Å². The lowest BCUT2D eigenvalue weighted by molar-refractivity contribution is -0.432. The van der Waals surface area contributed by atoms with Crippen LogP contribution < -0.4 is 20.9 Å². The van der Waals surface area contributed by atoms with Crippen LogP contribution in [-0.4, -0.2) is 110 Å². The van der Waals surface area contributed by atoms with Crippen molar-refractivity contribution in [3.63, 3.8) is 0 Å². The molecular weight excluding hydrogens is 1350 g/mol. The Hall–Kier alpha value is -9.12. The maximum absolute atomic E-state index is 15.1. The van der Waals surface area contributed by atoms with Crippen LogP contribution in [0.4, 0.5) is 73.7 Å². The summed E-state index contributed by atoms with van der Waals surface area (Å²) in [6.45, 7) is 0. The smallest absolute Gasteiger partial charge is 0.315 e. The molecule has 0 saturated heterocycles. The topological polar surface area (TPSA) is 501 Å². The van der Waals surface area contributed by atoms with Crippen molar-refractivity contribution in [2.24, 2.45) is 20.5 Å². The van der Waals surface area contributed by atoms with Crippen LogP contribution >= 0.6 is 35.7 Å². The Balaban J connectivity index is 1.03. The van der Waals surface area contributed by atoms with Gasteiger partial charge >= 0.3 is 6.08 Å². The van der Waals surface area contributed by atoms with Crippen LogP contribution in [0.25, 0.3) is 32.3 Å². The summed E-state index contributed by atoms with van der Waals surface area (Å²) in [5, 5.41) is 72.1. The van der Waals surface area contributed by atoms with Crippen molar-refractivity contribution in [1.82, 2.24) is 29.9 Å². The number of fused-ring (bicyclic) bond motifs is 3. The number of azo groups is 2. The highest BCUT2D eigenvalue weighted by Gasteiger charge is 2.27. The summed E-state index contributed by atoms with van der Waals surface area (Å²) in [6.07, 6.45) is -1.32. The Bertz CT molecular complexity index is 5140. The van der Waals surface area contributed by atoms with Gasteiger partial charge in [0.25, 0.3) is 40.5 Å². The number of nitrogens with one attached hydrogen (secondary N) is 3. The van der Waals surface area contributed by atoms with Crippen molar-refractivity contribution in [2.75, 3.05) is 27.9 Å². The summed E-state index contributed by atoms with van der Waals surface area (Å²) in [5.41, 5.74) is -2.90. The van der Waals surface area contributed by atoms with E-state index in [1.807, 2.05) is 0 Å². The van der Waals surface area contributed by atoms with Gasteiger partial charge in [-0.1, -0.05) is 58.6 Å². The number of aromatic nitrogens is 6. The second-order valence-electron chi connectivity index (χ2n) is 18.1. The highest BCUT2D eigenvalue weighted by molar-refractivity contribution is 7.95. The van der Waals surface area contributed by atoms with Crippen molar-refractivity contribution in [1.29, 1.82) is 0 Å². The SMILES string of the molecule is CN(c1ccccc1)c1nc(F)nc(Nc2cc(S(=O)(=O)O)cc3cc(SOOO)c(N=Nc4cc(Nc5nc(Cl)nc(Nc6cc(S(=O)(=O)O)cc7cc(SOOO)c(N=Nc8ccc9ccccc9c8S(=O)(=O)O)c(O)c67)n5)ccc4S(=O)(=O)O)c(O)c23)n1. The van der Waals surface area contributed by atoms with Gasteiger partial charge in [-0.3, -0.25) is 18.2 Å². The lowest BCUT2D eigenvalue weighted by Gasteiger charge is -2.18. The fourth-order valence-corrected chi connectivity index (χ4v) is 12.3. The summed E-state index contributed by atoms with van der Waals surface area (Å²) in [7, 11) is -18.9. The molecule has 10 rings (SSSR count). The number of hydrogen-bond donors (Lipinski definition) is 11. The van der Waals surface area contributed by atoms with E-state index in [1.54, 1.807) is 42.5 Å². The van der Waals surface area contributed by atoms with Gasteiger partial charge in [0.05, 0.1) is 55.0 Å². The van der Waals surface area contributed by atoms with Gasteiger partial charge in [-0.2, -0.15) is 68.0 Å². The fraction of sp³-hybridized carbons (Fsp3) is 0.0204. The number of aromatic hydroxyl groups is 2. The third-order valence-corrected chi connectivity index (χ3v) is 17.3. The van der Waals surface area contributed by atoms with Gasteiger partial charge in [-0.25, -0.2) is 10.5 Å². The van der Waals surface area contributed by atoms with Crippen molar-refractivity contribution < 1.29 is 95.7 Å².